The lowest BCUT2D eigenvalue weighted by molar-refractivity contribution is 0.0698. The first kappa shape index (κ1) is 27.6. The van der Waals surface area contributed by atoms with Crippen LogP contribution in [0.1, 0.15) is 39.3 Å². The Balaban J connectivity index is 1.39. The molecular weight excluding hydrogens is 573 g/mol. The molecule has 11 heteroatoms. The minimum Gasteiger partial charge on any atom is -0.478 e. The van der Waals surface area contributed by atoms with Crippen LogP contribution in [-0.4, -0.2) is 36.8 Å². The molecule has 0 atom stereocenters. The van der Waals surface area contributed by atoms with Crippen molar-refractivity contribution in [1.82, 2.24) is 4.98 Å². The molecule has 0 bridgehead atoms. The highest BCUT2D eigenvalue weighted by Gasteiger charge is 2.26. The van der Waals surface area contributed by atoms with E-state index in [1.54, 1.807) is 18.3 Å². The predicted molar refractivity (Wildman–Crippen MR) is 155 cm³/mol. The molecule has 0 radical (unpaired) electrons. The summed E-state index contributed by atoms with van der Waals surface area (Å²) in [6, 6.07) is 20.1. The maximum Gasteiger partial charge on any atom is 0.337 e. The molecule has 8 nitrogen and oxygen atoms in total. The van der Waals surface area contributed by atoms with Crippen LogP contribution < -0.4 is 9.62 Å². The van der Waals surface area contributed by atoms with Crippen molar-refractivity contribution in [1.29, 1.82) is 0 Å². The summed E-state index contributed by atoms with van der Waals surface area (Å²) in [5.74, 6) is -1.31. The average Bonchev–Trinajstić information content (AvgIpc) is 3.76. The number of anilines is 3. The van der Waals surface area contributed by atoms with Gasteiger partial charge < -0.3 is 10.0 Å². The van der Waals surface area contributed by atoms with Gasteiger partial charge in [0.25, 0.3) is 10.0 Å². The number of carbonyl (C=O) groups excluding carboxylic acids is 1. The molecule has 40 heavy (non-hydrogen) atoms. The molecule has 1 aliphatic rings. The van der Waals surface area contributed by atoms with Gasteiger partial charge in [-0.1, -0.05) is 23.2 Å². The number of hydrogen-bond acceptors (Lipinski definition) is 6. The molecular formula is C29H23Cl2N3O5S. The molecule has 1 saturated carbocycles. The molecule has 204 valence electrons. The summed E-state index contributed by atoms with van der Waals surface area (Å²) in [4.78, 5) is 31.6. The van der Waals surface area contributed by atoms with Crippen LogP contribution in [0.2, 0.25) is 10.0 Å². The summed E-state index contributed by atoms with van der Waals surface area (Å²) < 4.78 is 27.8. The van der Waals surface area contributed by atoms with Crippen LogP contribution in [0.25, 0.3) is 0 Å². The van der Waals surface area contributed by atoms with Crippen LogP contribution in [0, 0.1) is 5.92 Å². The van der Waals surface area contributed by atoms with Crippen molar-refractivity contribution in [3.05, 3.63) is 112 Å². The van der Waals surface area contributed by atoms with Gasteiger partial charge in [-0.05, 0) is 97.6 Å². The molecule has 5 rings (SSSR count). The number of rotatable bonds is 10. The number of hydrogen-bond donors (Lipinski definition) is 2. The number of sulfonamides is 1. The quantitative estimate of drug-likeness (QED) is 0.197. The van der Waals surface area contributed by atoms with Gasteiger partial charge in [0.2, 0.25) is 5.78 Å². The minimum atomic E-state index is -4.10. The zero-order valence-corrected chi connectivity index (χ0v) is 23.2. The average molecular weight is 596 g/mol. The van der Waals surface area contributed by atoms with Crippen LogP contribution >= 0.6 is 23.2 Å². The summed E-state index contributed by atoms with van der Waals surface area (Å²) in [6.07, 6.45) is 3.93. The lowest BCUT2D eigenvalue weighted by atomic mass is 10.0. The van der Waals surface area contributed by atoms with Crippen molar-refractivity contribution in [3.63, 3.8) is 0 Å². The maximum absolute atomic E-state index is 13.2. The van der Waals surface area contributed by atoms with Gasteiger partial charge in [-0.2, -0.15) is 0 Å². The SMILES string of the molecule is O=C(c1ccc(NS(=O)(=O)c2ccc(Cl)cc2)c(C(=O)O)c1)c1ccc(N(CC2CC2)c2ccc(Cl)cc2)cn1. The van der Waals surface area contributed by atoms with Crippen molar-refractivity contribution >= 4 is 62.0 Å². The molecule has 0 aliphatic heterocycles. The number of carboxylic acids is 1. The van der Waals surface area contributed by atoms with Gasteiger partial charge in [0, 0.05) is 27.8 Å². The third-order valence-electron chi connectivity index (χ3n) is 6.45. The standard InChI is InChI=1S/C29H23Cl2N3O5S/c30-20-4-8-22(9-5-20)34(17-18-1-2-18)23-10-14-27(32-16-23)28(35)19-3-13-26(25(15-19)29(36)37)33-40(38,39)24-11-6-21(31)7-12-24/h3-16,18,33H,1-2,17H2,(H,36,37). The number of aromatic nitrogens is 1. The molecule has 1 aliphatic carbocycles. The van der Waals surface area contributed by atoms with Crippen LogP contribution in [0.15, 0.2) is 90.0 Å². The van der Waals surface area contributed by atoms with Crippen molar-refractivity contribution < 1.29 is 23.1 Å². The molecule has 0 unspecified atom stereocenters. The highest BCUT2D eigenvalue weighted by Crippen LogP contribution is 2.35. The van der Waals surface area contributed by atoms with Crippen LogP contribution in [-0.2, 0) is 10.0 Å². The summed E-state index contributed by atoms with van der Waals surface area (Å²) >= 11 is 11.9. The predicted octanol–water partition coefficient (Wildman–Crippen LogP) is 6.67. The van der Waals surface area contributed by atoms with Gasteiger partial charge in [0.15, 0.2) is 0 Å². The summed E-state index contributed by atoms with van der Waals surface area (Å²) in [5.41, 5.74) is 1.39. The smallest absolute Gasteiger partial charge is 0.337 e. The lowest BCUT2D eigenvalue weighted by Gasteiger charge is -2.25. The second-order valence-electron chi connectivity index (χ2n) is 9.39. The Hall–Kier alpha value is -3.92. The van der Waals surface area contributed by atoms with Crippen LogP contribution in [0.3, 0.4) is 0 Å². The first-order chi connectivity index (χ1) is 19.1. The van der Waals surface area contributed by atoms with Gasteiger partial charge >= 0.3 is 5.97 Å². The highest BCUT2D eigenvalue weighted by molar-refractivity contribution is 7.92. The second kappa shape index (κ2) is 11.3. The van der Waals surface area contributed by atoms with E-state index in [1.165, 1.54) is 36.4 Å². The Kier molecular flexibility index (Phi) is 7.80. The van der Waals surface area contributed by atoms with E-state index in [0.717, 1.165) is 36.8 Å². The number of ketones is 1. The Morgan fingerprint density at radius 1 is 0.900 bits per heavy atom. The number of benzene rings is 3. The van der Waals surface area contributed by atoms with E-state index < -0.39 is 21.8 Å². The van der Waals surface area contributed by atoms with E-state index in [2.05, 4.69) is 14.6 Å². The van der Waals surface area contributed by atoms with Crippen molar-refractivity contribution in [2.75, 3.05) is 16.2 Å². The molecule has 0 saturated heterocycles. The van der Waals surface area contributed by atoms with Crippen molar-refractivity contribution in [2.24, 2.45) is 5.92 Å². The summed E-state index contributed by atoms with van der Waals surface area (Å²) in [6.45, 7) is 0.811. The lowest BCUT2D eigenvalue weighted by Crippen LogP contribution is -2.20. The molecule has 0 spiro atoms. The van der Waals surface area contributed by atoms with E-state index in [4.69, 9.17) is 23.2 Å². The largest absolute Gasteiger partial charge is 0.478 e. The van der Waals surface area contributed by atoms with Crippen molar-refractivity contribution in [2.45, 2.75) is 17.7 Å². The van der Waals surface area contributed by atoms with E-state index in [1.807, 2.05) is 24.3 Å². The highest BCUT2D eigenvalue weighted by atomic mass is 35.5. The number of nitrogens with zero attached hydrogens (tertiary/aromatic N) is 2. The fraction of sp³-hybridized carbons (Fsp3) is 0.138. The Morgan fingerprint density at radius 3 is 2.10 bits per heavy atom. The number of nitrogens with one attached hydrogen (secondary N) is 1. The zero-order valence-electron chi connectivity index (χ0n) is 20.9. The minimum absolute atomic E-state index is 0.0552. The number of aromatic carboxylic acids is 1. The molecule has 2 N–H and O–H groups in total. The molecule has 3 aromatic carbocycles. The Bertz CT molecular complexity index is 1670. The Morgan fingerprint density at radius 2 is 1.52 bits per heavy atom. The van der Waals surface area contributed by atoms with Crippen LogP contribution in [0.4, 0.5) is 17.1 Å². The van der Waals surface area contributed by atoms with E-state index in [0.29, 0.717) is 16.0 Å². The van der Waals surface area contributed by atoms with E-state index >= 15 is 0 Å². The molecule has 4 aromatic rings. The van der Waals surface area contributed by atoms with Gasteiger partial charge in [0.05, 0.1) is 28.0 Å². The fourth-order valence-electron chi connectivity index (χ4n) is 4.14. The molecule has 1 aromatic heterocycles. The number of carbonyl (C=O) groups is 2. The van der Waals surface area contributed by atoms with Gasteiger partial charge in [-0.25, -0.2) is 13.2 Å². The fourth-order valence-corrected chi connectivity index (χ4v) is 5.47. The first-order valence-electron chi connectivity index (χ1n) is 12.3. The van der Waals surface area contributed by atoms with Gasteiger partial charge in [0.1, 0.15) is 5.69 Å². The molecule has 0 amide bonds. The van der Waals surface area contributed by atoms with E-state index in [9.17, 15) is 23.1 Å². The monoisotopic (exact) mass is 595 g/mol. The summed E-state index contributed by atoms with van der Waals surface area (Å²) in [5, 5.41) is 10.7. The second-order valence-corrected chi connectivity index (χ2v) is 11.9. The normalized spacial score (nSPS) is 13.1. The molecule has 1 fully saturated rings. The first-order valence-corrected chi connectivity index (χ1v) is 14.5. The van der Waals surface area contributed by atoms with Crippen molar-refractivity contribution in [3.8, 4) is 0 Å². The van der Waals surface area contributed by atoms with Gasteiger partial charge in [-0.3, -0.25) is 14.5 Å². The molecule has 1 heterocycles. The zero-order chi connectivity index (χ0) is 28.4. The van der Waals surface area contributed by atoms with Gasteiger partial charge in [-0.15, -0.1) is 0 Å². The topological polar surface area (TPSA) is 117 Å². The Labute approximate surface area is 241 Å². The third-order valence-corrected chi connectivity index (χ3v) is 8.33. The summed E-state index contributed by atoms with van der Waals surface area (Å²) in [7, 11) is -4.10. The van der Waals surface area contributed by atoms with E-state index in [-0.39, 0.29) is 27.4 Å². The van der Waals surface area contributed by atoms with Crippen LogP contribution in [0.5, 0.6) is 0 Å². The number of halogens is 2. The third kappa shape index (κ3) is 6.28. The number of carboxylic acid groups (broad SMARTS) is 1. The number of pyridine rings is 1. The maximum atomic E-state index is 13.2.